The third-order valence-corrected chi connectivity index (χ3v) is 4.03. The number of esters is 1. The van der Waals surface area contributed by atoms with Gasteiger partial charge in [-0.2, -0.15) is 0 Å². The van der Waals surface area contributed by atoms with E-state index in [9.17, 15) is 9.59 Å². The van der Waals surface area contributed by atoms with Crippen LogP contribution < -0.4 is 10.2 Å². The Morgan fingerprint density at radius 3 is 2.54 bits per heavy atom. The van der Waals surface area contributed by atoms with E-state index in [0.29, 0.717) is 21.6 Å². The van der Waals surface area contributed by atoms with E-state index in [2.05, 4.69) is 0 Å². The summed E-state index contributed by atoms with van der Waals surface area (Å²) in [6.45, 7) is 3.45. The minimum absolute atomic E-state index is 0.0356. The molecule has 0 saturated carbocycles. The van der Waals surface area contributed by atoms with Gasteiger partial charge in [-0.1, -0.05) is 23.7 Å². The van der Waals surface area contributed by atoms with Crippen molar-refractivity contribution in [3.8, 4) is 17.1 Å². The molecule has 134 valence electrons. The maximum atomic E-state index is 12.9. The van der Waals surface area contributed by atoms with Crippen molar-refractivity contribution in [2.45, 2.75) is 20.0 Å². The summed E-state index contributed by atoms with van der Waals surface area (Å²) in [6, 6.07) is 13.7. The van der Waals surface area contributed by atoms with Crippen LogP contribution in [0.5, 0.6) is 5.75 Å². The number of fused-ring (bicyclic) bond motifs is 1. The summed E-state index contributed by atoms with van der Waals surface area (Å²) in [6.07, 6.45) is -0.954. The van der Waals surface area contributed by atoms with Crippen molar-refractivity contribution in [2.75, 3.05) is 6.61 Å². The number of halogens is 1. The molecule has 2 aromatic carbocycles. The zero-order valence-electron chi connectivity index (χ0n) is 14.3. The number of hydrogen-bond acceptors (Lipinski definition) is 5. The van der Waals surface area contributed by atoms with Gasteiger partial charge in [0.05, 0.1) is 12.0 Å². The lowest BCUT2D eigenvalue weighted by molar-refractivity contribution is -0.150. The molecular formula is C20H17ClO5. The quantitative estimate of drug-likeness (QED) is 0.619. The van der Waals surface area contributed by atoms with Gasteiger partial charge in [0.15, 0.2) is 11.9 Å². The Morgan fingerprint density at radius 2 is 1.85 bits per heavy atom. The monoisotopic (exact) mass is 372 g/mol. The summed E-state index contributed by atoms with van der Waals surface area (Å²) in [5.41, 5.74) is 0.690. The fourth-order valence-corrected chi connectivity index (χ4v) is 2.63. The average Bonchev–Trinajstić information content (AvgIpc) is 2.64. The van der Waals surface area contributed by atoms with Crippen molar-refractivity contribution < 1.29 is 18.7 Å². The average molecular weight is 373 g/mol. The standard InChI is InChI=1S/C20H17ClO5/c1-3-24-20(23)12(2)25-19-17(22)15-6-4-5-7-16(15)26-18(19)13-8-10-14(21)11-9-13/h4-12H,3H2,1-2H3/t12-/m1/s1. The lowest BCUT2D eigenvalue weighted by Gasteiger charge is -2.16. The predicted molar refractivity (Wildman–Crippen MR) is 99.7 cm³/mol. The van der Waals surface area contributed by atoms with Crippen LogP contribution in [0.2, 0.25) is 5.02 Å². The molecule has 0 N–H and O–H groups in total. The van der Waals surface area contributed by atoms with Crippen molar-refractivity contribution >= 4 is 28.5 Å². The van der Waals surface area contributed by atoms with Crippen LogP contribution in [0.4, 0.5) is 0 Å². The fraction of sp³-hybridized carbons (Fsp3) is 0.200. The number of ether oxygens (including phenoxy) is 2. The van der Waals surface area contributed by atoms with Gasteiger partial charge >= 0.3 is 5.97 Å². The van der Waals surface area contributed by atoms with E-state index in [-0.39, 0.29) is 23.5 Å². The largest absolute Gasteiger partial charge is 0.471 e. The topological polar surface area (TPSA) is 65.7 Å². The Labute approximate surface area is 155 Å². The highest BCUT2D eigenvalue weighted by Gasteiger charge is 2.23. The summed E-state index contributed by atoms with van der Waals surface area (Å²) in [4.78, 5) is 24.9. The van der Waals surface area contributed by atoms with E-state index in [1.807, 2.05) is 0 Å². The van der Waals surface area contributed by atoms with Crippen LogP contribution in [0.15, 0.2) is 57.7 Å². The smallest absolute Gasteiger partial charge is 0.347 e. The Hall–Kier alpha value is -2.79. The summed E-state index contributed by atoms with van der Waals surface area (Å²) in [5, 5.41) is 0.926. The molecule has 1 aromatic heterocycles. The van der Waals surface area contributed by atoms with Crippen LogP contribution in [0.25, 0.3) is 22.3 Å². The lowest BCUT2D eigenvalue weighted by Crippen LogP contribution is -2.28. The number of carbonyl (C=O) groups is 1. The molecule has 0 radical (unpaired) electrons. The molecule has 0 bridgehead atoms. The van der Waals surface area contributed by atoms with E-state index in [1.165, 1.54) is 6.92 Å². The van der Waals surface area contributed by atoms with Crippen LogP contribution >= 0.6 is 11.6 Å². The first kappa shape index (κ1) is 18.0. The number of benzene rings is 2. The summed E-state index contributed by atoms with van der Waals surface area (Å²) in [7, 11) is 0. The van der Waals surface area contributed by atoms with Gasteiger partial charge in [-0.3, -0.25) is 4.79 Å². The maximum Gasteiger partial charge on any atom is 0.347 e. The summed E-state index contributed by atoms with van der Waals surface area (Å²) < 4.78 is 16.5. The molecule has 6 heteroatoms. The van der Waals surface area contributed by atoms with Gasteiger partial charge < -0.3 is 13.9 Å². The molecule has 5 nitrogen and oxygen atoms in total. The Bertz CT molecular complexity index is 991. The van der Waals surface area contributed by atoms with E-state index >= 15 is 0 Å². The molecule has 0 aliphatic heterocycles. The first-order chi connectivity index (χ1) is 12.5. The van der Waals surface area contributed by atoms with Gasteiger partial charge in [0, 0.05) is 10.6 Å². The molecule has 1 heterocycles. The second-order valence-corrected chi connectivity index (χ2v) is 6.04. The van der Waals surface area contributed by atoms with Crippen molar-refractivity contribution in [1.29, 1.82) is 0 Å². The van der Waals surface area contributed by atoms with Crippen LogP contribution in [-0.4, -0.2) is 18.7 Å². The fourth-order valence-electron chi connectivity index (χ4n) is 2.51. The third kappa shape index (κ3) is 3.58. The van der Waals surface area contributed by atoms with Gasteiger partial charge in [0.25, 0.3) is 0 Å². The third-order valence-electron chi connectivity index (χ3n) is 3.78. The highest BCUT2D eigenvalue weighted by atomic mass is 35.5. The molecule has 26 heavy (non-hydrogen) atoms. The predicted octanol–water partition coefficient (Wildman–Crippen LogP) is 4.44. The van der Waals surface area contributed by atoms with Crippen molar-refractivity contribution in [3.63, 3.8) is 0 Å². The Morgan fingerprint density at radius 1 is 1.15 bits per heavy atom. The highest BCUT2D eigenvalue weighted by molar-refractivity contribution is 6.30. The van der Waals surface area contributed by atoms with E-state index in [0.717, 1.165) is 0 Å². The highest BCUT2D eigenvalue weighted by Crippen LogP contribution is 2.32. The second kappa shape index (κ2) is 7.62. The zero-order chi connectivity index (χ0) is 18.7. The first-order valence-electron chi connectivity index (χ1n) is 8.16. The van der Waals surface area contributed by atoms with E-state index in [1.54, 1.807) is 55.5 Å². The molecule has 0 amide bonds. The van der Waals surface area contributed by atoms with Crippen LogP contribution in [0.1, 0.15) is 13.8 Å². The first-order valence-corrected chi connectivity index (χ1v) is 8.54. The van der Waals surface area contributed by atoms with Gasteiger partial charge in [-0.25, -0.2) is 4.79 Å². The molecule has 0 unspecified atom stereocenters. The molecule has 0 spiro atoms. The van der Waals surface area contributed by atoms with E-state index < -0.39 is 12.1 Å². The van der Waals surface area contributed by atoms with Gasteiger partial charge in [-0.05, 0) is 50.2 Å². The van der Waals surface area contributed by atoms with Crippen molar-refractivity contribution in [2.24, 2.45) is 0 Å². The van der Waals surface area contributed by atoms with Crippen LogP contribution in [-0.2, 0) is 9.53 Å². The lowest BCUT2D eigenvalue weighted by atomic mass is 10.1. The SMILES string of the molecule is CCOC(=O)[C@@H](C)Oc1c(-c2ccc(Cl)cc2)oc2ccccc2c1=O. The minimum Gasteiger partial charge on any atom is -0.471 e. The van der Waals surface area contributed by atoms with Gasteiger partial charge in [0.2, 0.25) is 11.2 Å². The van der Waals surface area contributed by atoms with E-state index in [4.69, 9.17) is 25.5 Å². The minimum atomic E-state index is -0.954. The number of rotatable bonds is 5. The molecule has 0 aliphatic carbocycles. The molecular weight excluding hydrogens is 356 g/mol. The number of para-hydroxylation sites is 1. The molecule has 3 aromatic rings. The Kier molecular flexibility index (Phi) is 5.28. The molecule has 0 saturated heterocycles. The summed E-state index contributed by atoms with van der Waals surface area (Å²) >= 11 is 5.94. The molecule has 0 aliphatic rings. The molecule has 3 rings (SSSR count). The molecule has 0 fully saturated rings. The number of hydrogen-bond donors (Lipinski definition) is 0. The Balaban J connectivity index is 2.16. The van der Waals surface area contributed by atoms with Gasteiger partial charge in [-0.15, -0.1) is 0 Å². The number of carbonyl (C=O) groups excluding carboxylic acids is 1. The van der Waals surface area contributed by atoms with Gasteiger partial charge in [0.1, 0.15) is 5.58 Å². The van der Waals surface area contributed by atoms with Crippen molar-refractivity contribution in [1.82, 2.24) is 0 Å². The normalized spacial score (nSPS) is 12.0. The van der Waals surface area contributed by atoms with Crippen molar-refractivity contribution in [3.05, 3.63) is 63.8 Å². The molecule has 1 atom stereocenters. The zero-order valence-corrected chi connectivity index (χ0v) is 15.1. The maximum absolute atomic E-state index is 12.9. The second-order valence-electron chi connectivity index (χ2n) is 5.60. The van der Waals surface area contributed by atoms with Crippen LogP contribution in [0, 0.1) is 0 Å². The van der Waals surface area contributed by atoms with Crippen LogP contribution in [0.3, 0.4) is 0 Å². The summed E-state index contributed by atoms with van der Waals surface area (Å²) in [5.74, 6) is -0.352.